The van der Waals surface area contributed by atoms with Crippen molar-refractivity contribution in [3.8, 4) is 17.2 Å². The number of halogens is 2. The quantitative estimate of drug-likeness (QED) is 0.600. The van der Waals surface area contributed by atoms with Gasteiger partial charge in [-0.2, -0.15) is 0 Å². The SMILES string of the molecule is Cc1nc(COc2ccc(F)cc2)sc1C(=O)NCc1cc(Cl)c2c(c1)OCCO2. The fourth-order valence-electron chi connectivity index (χ4n) is 2.93. The number of nitrogens with zero attached hydrogens (tertiary/aromatic N) is 1. The minimum absolute atomic E-state index is 0.197. The number of ether oxygens (including phenoxy) is 3. The molecule has 156 valence electrons. The van der Waals surface area contributed by atoms with E-state index in [0.717, 1.165) is 5.56 Å². The number of hydrogen-bond acceptors (Lipinski definition) is 6. The Labute approximate surface area is 181 Å². The van der Waals surface area contributed by atoms with Crippen LogP contribution in [-0.4, -0.2) is 24.1 Å². The topological polar surface area (TPSA) is 69.7 Å². The number of benzene rings is 2. The molecule has 1 aromatic heterocycles. The van der Waals surface area contributed by atoms with Gasteiger partial charge in [0.15, 0.2) is 11.5 Å². The summed E-state index contributed by atoms with van der Waals surface area (Å²) >= 11 is 7.50. The second kappa shape index (κ2) is 8.89. The summed E-state index contributed by atoms with van der Waals surface area (Å²) in [6, 6.07) is 9.29. The Balaban J connectivity index is 1.38. The third kappa shape index (κ3) is 4.66. The molecule has 0 atom stereocenters. The van der Waals surface area contributed by atoms with Crippen molar-refractivity contribution in [2.24, 2.45) is 0 Å². The Morgan fingerprint density at radius 2 is 2.03 bits per heavy atom. The molecular formula is C21H18ClFN2O4S. The van der Waals surface area contributed by atoms with Crippen LogP contribution < -0.4 is 19.5 Å². The molecule has 0 unspecified atom stereocenters. The summed E-state index contributed by atoms with van der Waals surface area (Å²) in [7, 11) is 0. The Bertz CT molecular complexity index is 1070. The smallest absolute Gasteiger partial charge is 0.263 e. The van der Waals surface area contributed by atoms with Crippen LogP contribution >= 0.6 is 22.9 Å². The van der Waals surface area contributed by atoms with Gasteiger partial charge >= 0.3 is 0 Å². The highest BCUT2D eigenvalue weighted by atomic mass is 35.5. The van der Waals surface area contributed by atoms with Gasteiger partial charge in [0.05, 0.1) is 10.7 Å². The van der Waals surface area contributed by atoms with Crippen LogP contribution in [0.25, 0.3) is 0 Å². The molecule has 0 saturated heterocycles. The lowest BCUT2D eigenvalue weighted by Gasteiger charge is -2.20. The lowest BCUT2D eigenvalue weighted by atomic mass is 10.2. The van der Waals surface area contributed by atoms with Crippen molar-refractivity contribution in [3.05, 3.63) is 68.4 Å². The summed E-state index contributed by atoms with van der Waals surface area (Å²) in [6.07, 6.45) is 0. The first-order chi connectivity index (χ1) is 14.5. The number of hydrogen-bond donors (Lipinski definition) is 1. The van der Waals surface area contributed by atoms with Crippen molar-refractivity contribution in [2.45, 2.75) is 20.1 Å². The van der Waals surface area contributed by atoms with Gasteiger partial charge in [0.25, 0.3) is 5.91 Å². The van der Waals surface area contributed by atoms with Gasteiger partial charge in [0.2, 0.25) is 0 Å². The zero-order chi connectivity index (χ0) is 21.1. The molecule has 0 saturated carbocycles. The lowest BCUT2D eigenvalue weighted by Crippen LogP contribution is -2.23. The number of carbonyl (C=O) groups is 1. The normalized spacial score (nSPS) is 12.5. The standard InChI is InChI=1S/C21H18ClFN2O4S/c1-12-20(30-18(25-12)11-29-15-4-2-14(23)3-5-15)21(26)24-10-13-8-16(22)19-17(9-13)27-6-7-28-19/h2-5,8-9H,6-7,10-11H2,1H3,(H,24,26). The number of fused-ring (bicyclic) bond motifs is 1. The molecule has 3 aromatic rings. The summed E-state index contributed by atoms with van der Waals surface area (Å²) in [6.45, 7) is 3.17. The number of thiazole rings is 1. The van der Waals surface area contributed by atoms with Crippen LogP contribution in [0.3, 0.4) is 0 Å². The molecule has 6 nitrogen and oxygen atoms in total. The van der Waals surface area contributed by atoms with E-state index in [1.165, 1.54) is 23.5 Å². The van der Waals surface area contributed by atoms with Gasteiger partial charge in [-0.3, -0.25) is 4.79 Å². The van der Waals surface area contributed by atoms with Gasteiger partial charge < -0.3 is 19.5 Å². The van der Waals surface area contributed by atoms with Gasteiger partial charge in [-0.1, -0.05) is 11.6 Å². The third-order valence-electron chi connectivity index (χ3n) is 4.33. The van der Waals surface area contributed by atoms with E-state index < -0.39 is 0 Å². The second-order valence-electron chi connectivity index (χ2n) is 6.55. The molecule has 1 aliphatic rings. The largest absolute Gasteiger partial charge is 0.486 e. The highest BCUT2D eigenvalue weighted by molar-refractivity contribution is 7.13. The van der Waals surface area contributed by atoms with Gasteiger partial charge in [0.1, 0.15) is 41.3 Å². The van der Waals surface area contributed by atoms with Crippen LogP contribution in [0.15, 0.2) is 36.4 Å². The van der Waals surface area contributed by atoms with E-state index in [9.17, 15) is 9.18 Å². The van der Waals surface area contributed by atoms with Gasteiger partial charge in [-0.25, -0.2) is 9.37 Å². The maximum absolute atomic E-state index is 13.0. The molecule has 0 fully saturated rings. The molecule has 0 bridgehead atoms. The minimum Gasteiger partial charge on any atom is -0.486 e. The van der Waals surface area contributed by atoms with Crippen LogP contribution in [0.2, 0.25) is 5.02 Å². The fraction of sp³-hybridized carbons (Fsp3) is 0.238. The van der Waals surface area contributed by atoms with E-state index in [-0.39, 0.29) is 24.9 Å². The van der Waals surface area contributed by atoms with E-state index in [1.807, 2.05) is 6.07 Å². The first-order valence-electron chi connectivity index (χ1n) is 9.20. The second-order valence-corrected chi connectivity index (χ2v) is 8.04. The maximum Gasteiger partial charge on any atom is 0.263 e. The molecule has 1 aliphatic heterocycles. The van der Waals surface area contributed by atoms with Crippen LogP contribution in [0, 0.1) is 12.7 Å². The summed E-state index contributed by atoms with van der Waals surface area (Å²) in [5, 5.41) is 3.98. The molecule has 0 aliphatic carbocycles. The van der Waals surface area contributed by atoms with E-state index in [1.54, 1.807) is 25.1 Å². The van der Waals surface area contributed by atoms with Crippen molar-refractivity contribution < 1.29 is 23.4 Å². The molecule has 30 heavy (non-hydrogen) atoms. The molecule has 2 aromatic carbocycles. The average Bonchev–Trinajstić information content (AvgIpc) is 3.12. The van der Waals surface area contributed by atoms with Crippen molar-refractivity contribution in [2.75, 3.05) is 13.2 Å². The summed E-state index contributed by atoms with van der Waals surface area (Å²) < 4.78 is 29.6. The number of carbonyl (C=O) groups excluding carboxylic acids is 1. The van der Waals surface area contributed by atoms with Crippen molar-refractivity contribution in [1.29, 1.82) is 0 Å². The van der Waals surface area contributed by atoms with Crippen molar-refractivity contribution >= 4 is 28.8 Å². The van der Waals surface area contributed by atoms with E-state index in [0.29, 0.717) is 51.1 Å². The zero-order valence-electron chi connectivity index (χ0n) is 16.0. The molecule has 4 rings (SSSR count). The van der Waals surface area contributed by atoms with E-state index in [4.69, 9.17) is 25.8 Å². The number of amides is 1. The number of aromatic nitrogens is 1. The molecule has 1 amide bonds. The van der Waals surface area contributed by atoms with Gasteiger partial charge in [0, 0.05) is 6.54 Å². The third-order valence-corrected chi connectivity index (χ3v) is 5.74. The predicted octanol–water partition coefficient (Wildman–Crippen LogP) is 4.52. The Kier molecular flexibility index (Phi) is 6.06. The van der Waals surface area contributed by atoms with Gasteiger partial charge in [-0.05, 0) is 48.9 Å². The number of rotatable bonds is 6. The molecular weight excluding hydrogens is 431 g/mol. The average molecular weight is 449 g/mol. The van der Waals surface area contributed by atoms with Crippen LogP contribution in [0.1, 0.15) is 25.9 Å². The van der Waals surface area contributed by atoms with Gasteiger partial charge in [-0.15, -0.1) is 11.3 Å². The molecule has 9 heteroatoms. The minimum atomic E-state index is -0.328. The highest BCUT2D eigenvalue weighted by Gasteiger charge is 2.19. The monoisotopic (exact) mass is 448 g/mol. The number of aryl methyl sites for hydroxylation is 1. The Morgan fingerprint density at radius 3 is 2.83 bits per heavy atom. The van der Waals surface area contributed by atoms with Crippen molar-refractivity contribution in [1.82, 2.24) is 10.3 Å². The summed E-state index contributed by atoms with van der Waals surface area (Å²) in [5.41, 5.74) is 1.43. The first-order valence-corrected chi connectivity index (χ1v) is 10.4. The summed E-state index contributed by atoms with van der Waals surface area (Å²) in [5.74, 6) is 1.08. The number of nitrogens with one attached hydrogen (secondary N) is 1. The van der Waals surface area contributed by atoms with E-state index >= 15 is 0 Å². The fourth-order valence-corrected chi connectivity index (χ4v) is 4.11. The molecule has 2 heterocycles. The Morgan fingerprint density at radius 1 is 1.27 bits per heavy atom. The first kappa shape index (κ1) is 20.4. The summed E-state index contributed by atoms with van der Waals surface area (Å²) in [4.78, 5) is 17.5. The predicted molar refractivity (Wildman–Crippen MR) is 111 cm³/mol. The van der Waals surface area contributed by atoms with Crippen LogP contribution in [-0.2, 0) is 13.2 Å². The van der Waals surface area contributed by atoms with Crippen molar-refractivity contribution in [3.63, 3.8) is 0 Å². The zero-order valence-corrected chi connectivity index (χ0v) is 17.6. The molecule has 0 spiro atoms. The van der Waals surface area contributed by atoms with Crippen LogP contribution in [0.4, 0.5) is 4.39 Å². The maximum atomic E-state index is 13.0. The lowest BCUT2D eigenvalue weighted by molar-refractivity contribution is 0.0954. The van der Waals surface area contributed by atoms with Crippen LogP contribution in [0.5, 0.6) is 17.2 Å². The molecule has 0 radical (unpaired) electrons. The Hall–Kier alpha value is -2.84. The molecule has 1 N–H and O–H groups in total. The van der Waals surface area contributed by atoms with E-state index in [2.05, 4.69) is 10.3 Å². The highest BCUT2D eigenvalue weighted by Crippen LogP contribution is 2.38.